The monoisotopic (exact) mass is 598 g/mol. The van der Waals surface area contributed by atoms with Gasteiger partial charge in [-0.05, 0) is 48.5 Å². The third-order valence-electron chi connectivity index (χ3n) is 7.39. The van der Waals surface area contributed by atoms with Crippen molar-refractivity contribution in [2.45, 2.75) is 30.5 Å². The smallest absolute Gasteiger partial charge is 0.424 e. The first-order valence-electron chi connectivity index (χ1n) is 13.0. The lowest BCUT2D eigenvalue weighted by atomic mass is 9.79. The number of primary amides is 1. The van der Waals surface area contributed by atoms with Crippen LogP contribution in [0.1, 0.15) is 35.0 Å². The van der Waals surface area contributed by atoms with Gasteiger partial charge in [0.25, 0.3) is 5.91 Å². The quantitative estimate of drug-likeness (QED) is 0.259. The van der Waals surface area contributed by atoms with Crippen molar-refractivity contribution < 1.29 is 41.7 Å². The summed E-state index contributed by atoms with van der Waals surface area (Å²) in [6.07, 6.45) is -4.07. The molecular formula is C30H26F4N4O5. The van der Waals surface area contributed by atoms with Crippen LogP contribution in [0.2, 0.25) is 0 Å². The summed E-state index contributed by atoms with van der Waals surface area (Å²) in [6, 6.07) is 11.8. The van der Waals surface area contributed by atoms with E-state index in [1.54, 1.807) is 19.1 Å². The average molecular weight is 599 g/mol. The number of aliphatic hydroxyl groups is 1. The van der Waals surface area contributed by atoms with Crippen LogP contribution in [0.5, 0.6) is 11.5 Å². The number of carbonyl (C=O) groups excluding carboxylic acids is 2. The maximum atomic E-state index is 14.7. The molecule has 224 valence electrons. The van der Waals surface area contributed by atoms with Gasteiger partial charge >= 0.3 is 6.18 Å². The number of methoxy groups -OCH3 is 1. The molecule has 1 aliphatic heterocycles. The Morgan fingerprint density at radius 2 is 1.88 bits per heavy atom. The number of benzene rings is 2. The number of halogens is 4. The van der Waals surface area contributed by atoms with Gasteiger partial charge in [-0.1, -0.05) is 13.0 Å². The van der Waals surface area contributed by atoms with Gasteiger partial charge in [-0.3, -0.25) is 14.6 Å². The van der Waals surface area contributed by atoms with Crippen molar-refractivity contribution in [3.63, 3.8) is 0 Å². The fraction of sp³-hybridized carbons (Fsp3) is 0.267. The van der Waals surface area contributed by atoms with Gasteiger partial charge in [0.1, 0.15) is 28.5 Å². The summed E-state index contributed by atoms with van der Waals surface area (Å²) < 4.78 is 68.8. The van der Waals surface area contributed by atoms with E-state index in [2.05, 4.69) is 15.3 Å². The molecule has 1 aliphatic rings. The number of rotatable bonds is 8. The number of pyridine rings is 2. The lowest BCUT2D eigenvalue weighted by Gasteiger charge is -2.31. The molecule has 0 saturated heterocycles. The summed E-state index contributed by atoms with van der Waals surface area (Å²) in [4.78, 5) is 33.3. The molecule has 4 aromatic rings. The normalized spacial score (nSPS) is 17.6. The van der Waals surface area contributed by atoms with Crippen molar-refractivity contribution in [2.24, 2.45) is 5.73 Å². The highest BCUT2D eigenvalue weighted by Crippen LogP contribution is 2.48. The Morgan fingerprint density at radius 1 is 1.16 bits per heavy atom. The molecule has 9 nitrogen and oxygen atoms in total. The average Bonchev–Trinajstić information content (AvgIpc) is 3.29. The number of fused-ring (bicyclic) bond motifs is 2. The van der Waals surface area contributed by atoms with Crippen LogP contribution in [0.25, 0.3) is 22.2 Å². The van der Waals surface area contributed by atoms with Gasteiger partial charge in [-0.15, -0.1) is 0 Å². The maximum Gasteiger partial charge on any atom is 0.424 e. The lowest BCUT2D eigenvalue weighted by molar-refractivity contribution is -0.265. The molecule has 2 aromatic carbocycles. The van der Waals surface area contributed by atoms with E-state index in [4.69, 9.17) is 15.2 Å². The topological polar surface area (TPSA) is 137 Å². The van der Waals surface area contributed by atoms with Gasteiger partial charge in [0.2, 0.25) is 11.5 Å². The number of nitrogens with two attached hydrogens (primary N) is 1. The second-order valence-corrected chi connectivity index (χ2v) is 10.5. The fourth-order valence-electron chi connectivity index (χ4n) is 5.07. The first-order chi connectivity index (χ1) is 20.3. The molecule has 0 spiro atoms. The number of nitrogens with zero attached hydrogens (tertiary/aromatic N) is 2. The molecule has 2 atom stereocenters. The van der Waals surface area contributed by atoms with E-state index in [1.807, 2.05) is 0 Å². The SMILES string of the molecule is COc1cc(C(=O)NC[C@](O)(c2cc3c(c(-c4ccc(F)cc4)n2)OC[C@]3(C)CC(N)=O)C(F)(F)F)cc2cccnc12. The second-order valence-electron chi connectivity index (χ2n) is 10.5. The Hall–Kier alpha value is -4.78. The summed E-state index contributed by atoms with van der Waals surface area (Å²) in [5.41, 5.74) is 0.381. The van der Waals surface area contributed by atoms with E-state index in [1.165, 1.54) is 37.6 Å². The van der Waals surface area contributed by atoms with E-state index in [0.29, 0.717) is 10.9 Å². The van der Waals surface area contributed by atoms with Crippen molar-refractivity contribution in [3.8, 4) is 22.8 Å². The van der Waals surface area contributed by atoms with Crippen LogP contribution in [-0.2, 0) is 15.8 Å². The van der Waals surface area contributed by atoms with Crippen LogP contribution < -0.4 is 20.5 Å². The van der Waals surface area contributed by atoms with E-state index in [9.17, 15) is 32.3 Å². The van der Waals surface area contributed by atoms with Crippen molar-refractivity contribution in [3.05, 3.63) is 83.4 Å². The van der Waals surface area contributed by atoms with E-state index in [-0.39, 0.29) is 46.9 Å². The Kier molecular flexibility index (Phi) is 7.46. The minimum atomic E-state index is -5.33. The molecule has 0 aliphatic carbocycles. The molecule has 5 rings (SSSR count). The van der Waals surface area contributed by atoms with Crippen LogP contribution in [0.3, 0.4) is 0 Å². The third kappa shape index (κ3) is 5.43. The standard InChI is InChI=1S/C30H26F4N4O5/c1-28(13-23(35)39)15-43-26-20(28)12-22(38-25(26)16-5-7-19(31)8-6-16)29(41,30(32,33)34)14-37-27(40)18-10-17-4-3-9-36-24(17)21(11-18)42-2/h3-12,41H,13-15H2,1-2H3,(H2,35,39)(H,37,40)/t28-,29-/m0/s1. The summed E-state index contributed by atoms with van der Waals surface area (Å²) in [6.45, 7) is 0.160. The first-order valence-corrected chi connectivity index (χ1v) is 13.0. The van der Waals surface area contributed by atoms with Crippen molar-refractivity contribution in [2.75, 3.05) is 20.3 Å². The molecule has 0 fully saturated rings. The summed E-state index contributed by atoms with van der Waals surface area (Å²) in [5.74, 6) is -1.93. The van der Waals surface area contributed by atoms with Crippen LogP contribution in [0, 0.1) is 5.82 Å². The molecule has 4 N–H and O–H groups in total. The molecule has 43 heavy (non-hydrogen) atoms. The van der Waals surface area contributed by atoms with Crippen molar-refractivity contribution in [1.82, 2.24) is 15.3 Å². The van der Waals surface area contributed by atoms with E-state index in [0.717, 1.165) is 18.2 Å². The zero-order valence-electron chi connectivity index (χ0n) is 23.0. The molecule has 0 radical (unpaired) electrons. The Bertz CT molecular complexity index is 1730. The zero-order valence-corrected chi connectivity index (χ0v) is 23.0. The van der Waals surface area contributed by atoms with Gasteiger partial charge < -0.3 is 25.6 Å². The van der Waals surface area contributed by atoms with E-state index >= 15 is 0 Å². The number of nitrogens with one attached hydrogen (secondary N) is 1. The third-order valence-corrected chi connectivity index (χ3v) is 7.39. The molecule has 2 aromatic heterocycles. The van der Waals surface area contributed by atoms with Gasteiger partial charge in [0.05, 0.1) is 26.0 Å². The number of ether oxygens (including phenoxy) is 2. The molecular weight excluding hydrogens is 572 g/mol. The minimum absolute atomic E-state index is 0.0294. The molecule has 13 heteroatoms. The van der Waals surface area contributed by atoms with Crippen molar-refractivity contribution in [1.29, 1.82) is 0 Å². The van der Waals surface area contributed by atoms with Crippen LogP contribution in [0.15, 0.2) is 60.8 Å². The number of carbonyl (C=O) groups is 2. The predicted octanol–water partition coefficient (Wildman–Crippen LogP) is 4.15. The molecule has 3 heterocycles. The molecule has 2 amide bonds. The predicted molar refractivity (Wildman–Crippen MR) is 147 cm³/mol. The maximum absolute atomic E-state index is 14.7. The number of aromatic nitrogens is 2. The minimum Gasteiger partial charge on any atom is -0.494 e. The van der Waals surface area contributed by atoms with Crippen LogP contribution >= 0.6 is 0 Å². The zero-order chi connectivity index (χ0) is 31.2. The van der Waals surface area contributed by atoms with Crippen LogP contribution in [0.4, 0.5) is 17.6 Å². The number of hydrogen-bond donors (Lipinski definition) is 3. The highest BCUT2D eigenvalue weighted by atomic mass is 19.4. The largest absolute Gasteiger partial charge is 0.494 e. The van der Waals surface area contributed by atoms with Gasteiger partial charge in [0.15, 0.2) is 0 Å². The number of alkyl halides is 3. The molecule has 0 unspecified atom stereocenters. The Balaban J connectivity index is 1.59. The number of amides is 2. The molecule has 0 saturated carbocycles. The van der Waals surface area contributed by atoms with Gasteiger partial charge in [-0.25, -0.2) is 9.37 Å². The van der Waals surface area contributed by atoms with Gasteiger partial charge in [0, 0.05) is 40.1 Å². The van der Waals surface area contributed by atoms with Crippen molar-refractivity contribution >= 4 is 22.7 Å². The first kappa shape index (κ1) is 29.7. The summed E-state index contributed by atoms with van der Waals surface area (Å²) in [7, 11) is 1.36. The Morgan fingerprint density at radius 3 is 2.53 bits per heavy atom. The fourth-order valence-corrected chi connectivity index (χ4v) is 5.07. The van der Waals surface area contributed by atoms with E-state index < -0.39 is 47.1 Å². The summed E-state index contributed by atoms with van der Waals surface area (Å²) >= 11 is 0. The second kappa shape index (κ2) is 10.8. The highest BCUT2D eigenvalue weighted by Gasteiger charge is 2.57. The highest BCUT2D eigenvalue weighted by molar-refractivity contribution is 5.99. The molecule has 0 bridgehead atoms. The van der Waals surface area contributed by atoms with Gasteiger partial charge in [-0.2, -0.15) is 13.2 Å². The Labute approximate surface area is 242 Å². The summed E-state index contributed by atoms with van der Waals surface area (Å²) in [5, 5.41) is 13.9. The van der Waals surface area contributed by atoms with Crippen LogP contribution in [-0.4, -0.2) is 53.3 Å². The number of hydrogen-bond acceptors (Lipinski definition) is 7. The lowest BCUT2D eigenvalue weighted by Crippen LogP contribution is -2.51.